The zero-order valence-corrected chi connectivity index (χ0v) is 17.3. The summed E-state index contributed by atoms with van der Waals surface area (Å²) in [7, 11) is 2.03. The van der Waals surface area contributed by atoms with Gasteiger partial charge in [0.15, 0.2) is 6.10 Å². The Hall–Kier alpha value is -3.52. The normalized spacial score (nSPS) is 16.7. The van der Waals surface area contributed by atoms with E-state index in [0.717, 1.165) is 5.56 Å². The molecule has 0 saturated carbocycles. The minimum Gasteiger partial charge on any atom is -0.365 e. The molecule has 1 aliphatic rings. The highest BCUT2D eigenvalue weighted by Crippen LogP contribution is 2.25. The van der Waals surface area contributed by atoms with Crippen LogP contribution in [-0.4, -0.2) is 50.2 Å². The van der Waals surface area contributed by atoms with Crippen molar-refractivity contribution >= 4 is 16.8 Å². The van der Waals surface area contributed by atoms with Gasteiger partial charge in [-0.05, 0) is 30.2 Å². The topological polar surface area (TPSA) is 86.3 Å². The van der Waals surface area contributed by atoms with Crippen molar-refractivity contribution in [2.75, 3.05) is 19.7 Å². The number of para-hydroxylation sites is 1. The maximum Gasteiger partial charge on any atom is 0.257 e. The molecule has 1 fully saturated rings. The summed E-state index contributed by atoms with van der Waals surface area (Å²) < 4.78 is 13.3. The van der Waals surface area contributed by atoms with E-state index in [-0.39, 0.29) is 5.91 Å². The van der Waals surface area contributed by atoms with Crippen molar-refractivity contribution in [3.8, 4) is 11.4 Å². The number of fused-ring (bicyclic) bond motifs is 1. The Kier molecular flexibility index (Phi) is 5.21. The summed E-state index contributed by atoms with van der Waals surface area (Å²) in [4.78, 5) is 23.3. The van der Waals surface area contributed by atoms with E-state index in [1.165, 1.54) is 16.5 Å². The summed E-state index contributed by atoms with van der Waals surface area (Å²) in [6.45, 7) is 1.41. The molecule has 4 heterocycles. The van der Waals surface area contributed by atoms with Gasteiger partial charge in [-0.15, -0.1) is 0 Å². The van der Waals surface area contributed by atoms with Gasteiger partial charge in [0, 0.05) is 55.1 Å². The van der Waals surface area contributed by atoms with Crippen molar-refractivity contribution in [2.45, 2.75) is 18.9 Å². The maximum atomic E-state index is 12.9. The summed E-state index contributed by atoms with van der Waals surface area (Å²) in [6.07, 6.45) is 6.21. The van der Waals surface area contributed by atoms with Crippen molar-refractivity contribution in [3.63, 3.8) is 0 Å². The quantitative estimate of drug-likeness (QED) is 0.496. The molecule has 5 rings (SSSR count). The predicted octanol–water partition coefficient (Wildman–Crippen LogP) is 3.16. The number of amides is 1. The molecule has 1 aromatic carbocycles. The fourth-order valence-corrected chi connectivity index (χ4v) is 4.03. The fraction of sp³-hybridized carbons (Fsp3) is 0.304. The number of carbonyl (C=O) groups excluding carboxylic acids is 1. The number of aromatic nitrogens is 4. The molecule has 1 saturated heterocycles. The maximum absolute atomic E-state index is 12.9. The van der Waals surface area contributed by atoms with Gasteiger partial charge in [-0.3, -0.25) is 9.78 Å². The predicted molar refractivity (Wildman–Crippen MR) is 114 cm³/mol. The largest absolute Gasteiger partial charge is 0.365 e. The molecule has 3 aromatic heterocycles. The number of hydrogen-bond acceptors (Lipinski definition) is 6. The summed E-state index contributed by atoms with van der Waals surface area (Å²) in [5.41, 5.74) is 3.14. The fourth-order valence-electron chi connectivity index (χ4n) is 4.03. The second-order valence-corrected chi connectivity index (χ2v) is 7.68. The number of morpholine rings is 1. The first-order valence-corrected chi connectivity index (χ1v) is 10.4. The SMILES string of the molecule is Cn1cc(CCC(=O)N2CCOC(c3nc(-c4cccnc4)no3)C2)c2ccccc21. The Morgan fingerprint density at radius 2 is 2.13 bits per heavy atom. The molecule has 8 heteroatoms. The van der Waals surface area contributed by atoms with Crippen LogP contribution in [0.1, 0.15) is 24.0 Å². The number of aryl methyl sites for hydroxylation is 2. The van der Waals surface area contributed by atoms with E-state index in [9.17, 15) is 4.79 Å². The van der Waals surface area contributed by atoms with Crippen molar-refractivity contribution in [1.29, 1.82) is 0 Å². The van der Waals surface area contributed by atoms with E-state index in [0.29, 0.717) is 44.3 Å². The smallest absolute Gasteiger partial charge is 0.257 e. The van der Waals surface area contributed by atoms with E-state index in [1.807, 2.05) is 36.2 Å². The Morgan fingerprint density at radius 1 is 1.23 bits per heavy atom. The summed E-state index contributed by atoms with van der Waals surface area (Å²) in [5, 5.41) is 5.23. The van der Waals surface area contributed by atoms with E-state index in [1.54, 1.807) is 12.4 Å². The molecule has 1 amide bonds. The summed E-state index contributed by atoms with van der Waals surface area (Å²) in [6, 6.07) is 11.9. The molecule has 0 bridgehead atoms. The number of carbonyl (C=O) groups is 1. The Bertz CT molecular complexity index is 1200. The number of hydrogen-bond donors (Lipinski definition) is 0. The van der Waals surface area contributed by atoms with Crippen molar-refractivity contribution < 1.29 is 14.1 Å². The van der Waals surface area contributed by atoms with Crippen molar-refractivity contribution in [3.05, 3.63) is 66.4 Å². The van der Waals surface area contributed by atoms with Crippen LogP contribution in [0.25, 0.3) is 22.3 Å². The third kappa shape index (κ3) is 3.94. The first-order chi connectivity index (χ1) is 15.2. The standard InChI is InChI=1S/C23H23N5O3/c1-27-14-17(18-6-2-3-7-19(18)27)8-9-21(29)28-11-12-30-20(15-28)23-25-22(26-31-23)16-5-4-10-24-13-16/h2-7,10,13-14,20H,8-9,11-12,15H2,1H3. The van der Waals surface area contributed by atoms with Crippen LogP contribution in [0.15, 0.2) is 59.5 Å². The van der Waals surface area contributed by atoms with Crippen molar-refractivity contribution in [2.24, 2.45) is 7.05 Å². The van der Waals surface area contributed by atoms with Crippen LogP contribution in [0.2, 0.25) is 0 Å². The van der Waals surface area contributed by atoms with Gasteiger partial charge in [0.05, 0.1) is 13.2 Å². The van der Waals surface area contributed by atoms with Gasteiger partial charge in [-0.25, -0.2) is 0 Å². The highest BCUT2D eigenvalue weighted by atomic mass is 16.5. The molecular weight excluding hydrogens is 394 g/mol. The van der Waals surface area contributed by atoms with Gasteiger partial charge < -0.3 is 18.7 Å². The van der Waals surface area contributed by atoms with Crippen LogP contribution in [0.3, 0.4) is 0 Å². The van der Waals surface area contributed by atoms with E-state index < -0.39 is 6.10 Å². The van der Waals surface area contributed by atoms with E-state index in [4.69, 9.17) is 9.26 Å². The Morgan fingerprint density at radius 3 is 3.00 bits per heavy atom. The van der Waals surface area contributed by atoms with E-state index >= 15 is 0 Å². The number of nitrogens with zero attached hydrogens (tertiary/aromatic N) is 5. The highest BCUT2D eigenvalue weighted by Gasteiger charge is 2.29. The summed E-state index contributed by atoms with van der Waals surface area (Å²) in [5.74, 6) is 0.949. The zero-order valence-electron chi connectivity index (χ0n) is 17.3. The van der Waals surface area contributed by atoms with Crippen LogP contribution in [0, 0.1) is 0 Å². The molecule has 31 heavy (non-hydrogen) atoms. The van der Waals surface area contributed by atoms with Gasteiger partial charge >= 0.3 is 0 Å². The average Bonchev–Trinajstić information content (AvgIpc) is 3.44. The highest BCUT2D eigenvalue weighted by molar-refractivity contribution is 5.85. The molecular formula is C23H23N5O3. The summed E-state index contributed by atoms with van der Waals surface area (Å²) >= 11 is 0. The number of pyridine rings is 1. The van der Waals surface area contributed by atoms with E-state index in [2.05, 4.69) is 38.0 Å². The monoisotopic (exact) mass is 417 g/mol. The van der Waals surface area contributed by atoms with Gasteiger partial charge in [-0.2, -0.15) is 4.98 Å². The van der Waals surface area contributed by atoms with Gasteiger partial charge in [0.1, 0.15) is 0 Å². The number of ether oxygens (including phenoxy) is 1. The molecule has 0 aliphatic carbocycles. The minimum atomic E-state index is -0.423. The molecule has 0 N–H and O–H groups in total. The van der Waals surface area contributed by atoms with Crippen LogP contribution < -0.4 is 0 Å². The third-order valence-corrected chi connectivity index (χ3v) is 5.64. The number of rotatable bonds is 5. The lowest BCUT2D eigenvalue weighted by Gasteiger charge is -2.31. The van der Waals surface area contributed by atoms with Crippen LogP contribution in [0.5, 0.6) is 0 Å². The van der Waals surface area contributed by atoms with Gasteiger partial charge in [-0.1, -0.05) is 23.4 Å². The lowest BCUT2D eigenvalue weighted by atomic mass is 10.1. The second-order valence-electron chi connectivity index (χ2n) is 7.68. The molecule has 158 valence electrons. The van der Waals surface area contributed by atoms with Crippen LogP contribution >= 0.6 is 0 Å². The Labute approximate surface area is 179 Å². The molecule has 4 aromatic rings. The lowest BCUT2D eigenvalue weighted by Crippen LogP contribution is -2.42. The first-order valence-electron chi connectivity index (χ1n) is 10.4. The molecule has 1 aliphatic heterocycles. The average molecular weight is 417 g/mol. The molecule has 0 radical (unpaired) electrons. The minimum absolute atomic E-state index is 0.105. The van der Waals surface area contributed by atoms with Crippen LogP contribution in [0.4, 0.5) is 0 Å². The van der Waals surface area contributed by atoms with Crippen LogP contribution in [-0.2, 0) is 23.0 Å². The number of benzene rings is 1. The van der Waals surface area contributed by atoms with Crippen molar-refractivity contribution in [1.82, 2.24) is 24.6 Å². The molecule has 0 spiro atoms. The van der Waals surface area contributed by atoms with Gasteiger partial charge in [0.25, 0.3) is 5.89 Å². The Balaban J connectivity index is 1.24. The molecule has 1 unspecified atom stereocenters. The lowest BCUT2D eigenvalue weighted by molar-refractivity contribution is -0.140. The van der Waals surface area contributed by atoms with Gasteiger partial charge in [0.2, 0.25) is 11.7 Å². The third-order valence-electron chi connectivity index (χ3n) is 5.64. The molecule has 8 nitrogen and oxygen atoms in total. The zero-order chi connectivity index (χ0) is 21.2. The first kappa shape index (κ1) is 19.4. The second kappa shape index (κ2) is 8.31. The molecule has 1 atom stereocenters.